The van der Waals surface area contributed by atoms with E-state index in [1.165, 1.54) is 0 Å². The van der Waals surface area contributed by atoms with Gasteiger partial charge in [-0.1, -0.05) is 29.3 Å². The second-order valence-corrected chi connectivity index (χ2v) is 5.40. The summed E-state index contributed by atoms with van der Waals surface area (Å²) in [5.74, 6) is 0.573. The normalized spacial score (nSPS) is 10.9. The number of methoxy groups -OCH3 is 1. The first-order chi connectivity index (χ1) is 10.1. The van der Waals surface area contributed by atoms with E-state index in [1.807, 2.05) is 25.1 Å². The van der Waals surface area contributed by atoms with Gasteiger partial charge in [-0.15, -0.1) is 0 Å². The first-order valence-corrected chi connectivity index (χ1v) is 7.12. The number of rotatable bonds is 2. The number of hydrogen-bond donors (Lipinski definition) is 0. The molecule has 21 heavy (non-hydrogen) atoms. The lowest BCUT2D eigenvalue weighted by atomic mass is 10.1. The van der Waals surface area contributed by atoms with E-state index in [2.05, 4.69) is 9.97 Å². The van der Waals surface area contributed by atoms with E-state index in [1.54, 1.807) is 25.4 Å². The zero-order valence-corrected chi connectivity index (χ0v) is 13.0. The average Bonchev–Trinajstić information content (AvgIpc) is 2.52. The Morgan fingerprint density at radius 1 is 1.14 bits per heavy atom. The highest BCUT2D eigenvalue weighted by molar-refractivity contribution is 6.38. The Kier molecular flexibility index (Phi) is 3.70. The smallest absolute Gasteiger partial charge is 0.139 e. The third kappa shape index (κ3) is 2.43. The highest BCUT2D eigenvalue weighted by Crippen LogP contribution is 2.36. The van der Waals surface area contributed by atoms with Crippen molar-refractivity contribution < 1.29 is 4.74 Å². The maximum atomic E-state index is 6.48. The van der Waals surface area contributed by atoms with E-state index in [0.717, 1.165) is 27.9 Å². The Morgan fingerprint density at radius 2 is 1.95 bits per heavy atom. The summed E-state index contributed by atoms with van der Waals surface area (Å²) in [5, 5.41) is 1.95. The van der Waals surface area contributed by atoms with E-state index in [4.69, 9.17) is 27.9 Å². The van der Waals surface area contributed by atoms with Crippen LogP contribution in [0.2, 0.25) is 10.0 Å². The molecular formula is C16H12Cl2N2O. The van der Waals surface area contributed by atoms with Gasteiger partial charge < -0.3 is 4.74 Å². The lowest BCUT2D eigenvalue weighted by molar-refractivity contribution is 0.415. The summed E-state index contributed by atoms with van der Waals surface area (Å²) >= 11 is 12.6. The van der Waals surface area contributed by atoms with Gasteiger partial charge in [-0.25, -0.2) is 4.98 Å². The molecule has 0 radical (unpaired) electrons. The summed E-state index contributed by atoms with van der Waals surface area (Å²) in [7, 11) is 1.57. The number of ether oxygens (including phenoxy) is 1. The van der Waals surface area contributed by atoms with Gasteiger partial charge in [-0.3, -0.25) is 4.98 Å². The number of hydrogen-bond acceptors (Lipinski definition) is 3. The van der Waals surface area contributed by atoms with Gasteiger partial charge in [0.25, 0.3) is 0 Å². The Bertz CT molecular complexity index is 820. The van der Waals surface area contributed by atoms with E-state index >= 15 is 0 Å². The second kappa shape index (κ2) is 5.51. The van der Waals surface area contributed by atoms with E-state index in [-0.39, 0.29) is 0 Å². The topological polar surface area (TPSA) is 35.0 Å². The molecule has 0 unspecified atom stereocenters. The SMILES string of the molecule is COc1cc2nc(-c3ccccn3)c(C)c(Cl)c2cc1Cl. The van der Waals surface area contributed by atoms with Crippen LogP contribution in [-0.4, -0.2) is 17.1 Å². The molecule has 3 aromatic rings. The highest BCUT2D eigenvalue weighted by Gasteiger charge is 2.14. The molecule has 0 saturated carbocycles. The predicted molar refractivity (Wildman–Crippen MR) is 86.3 cm³/mol. The lowest BCUT2D eigenvalue weighted by Gasteiger charge is -2.11. The first-order valence-electron chi connectivity index (χ1n) is 6.36. The molecule has 0 bridgehead atoms. The predicted octanol–water partition coefficient (Wildman–Crippen LogP) is 4.92. The number of nitrogens with zero attached hydrogens (tertiary/aromatic N) is 2. The fraction of sp³-hybridized carbons (Fsp3) is 0.125. The molecule has 2 heterocycles. The molecular weight excluding hydrogens is 307 g/mol. The van der Waals surface area contributed by atoms with Crippen molar-refractivity contribution in [3.63, 3.8) is 0 Å². The molecule has 0 fully saturated rings. The van der Waals surface area contributed by atoms with Crippen LogP contribution in [0.4, 0.5) is 0 Å². The van der Waals surface area contributed by atoms with Crippen molar-refractivity contribution in [2.75, 3.05) is 7.11 Å². The first kappa shape index (κ1) is 14.1. The molecule has 3 rings (SSSR count). The molecule has 0 amide bonds. The summed E-state index contributed by atoms with van der Waals surface area (Å²) in [6.45, 7) is 1.93. The van der Waals surface area contributed by atoms with Gasteiger partial charge in [0.15, 0.2) is 0 Å². The molecule has 0 aliphatic rings. The number of halogens is 2. The minimum atomic E-state index is 0.513. The summed E-state index contributed by atoms with van der Waals surface area (Å²) in [4.78, 5) is 9.01. The molecule has 0 spiro atoms. The fourth-order valence-corrected chi connectivity index (χ4v) is 2.71. The molecule has 1 aromatic carbocycles. The van der Waals surface area contributed by atoms with E-state index < -0.39 is 0 Å². The van der Waals surface area contributed by atoms with Gasteiger partial charge in [0.1, 0.15) is 5.75 Å². The zero-order chi connectivity index (χ0) is 15.0. The van der Waals surface area contributed by atoms with Crippen LogP contribution in [0, 0.1) is 6.92 Å². The van der Waals surface area contributed by atoms with Crippen LogP contribution >= 0.6 is 23.2 Å². The molecule has 0 saturated heterocycles. The fourth-order valence-electron chi connectivity index (χ4n) is 2.23. The van der Waals surface area contributed by atoms with Crippen LogP contribution in [0.3, 0.4) is 0 Å². The molecule has 3 nitrogen and oxygen atoms in total. The molecule has 5 heteroatoms. The largest absolute Gasteiger partial charge is 0.495 e. The third-order valence-electron chi connectivity index (χ3n) is 3.33. The summed E-state index contributed by atoms with van der Waals surface area (Å²) < 4.78 is 5.24. The molecule has 106 valence electrons. The maximum absolute atomic E-state index is 6.48. The Labute approximate surface area is 132 Å². The van der Waals surface area contributed by atoms with Crippen LogP contribution in [0.5, 0.6) is 5.75 Å². The summed E-state index contributed by atoms with van der Waals surface area (Å²) in [5.41, 5.74) is 3.15. The van der Waals surface area contributed by atoms with Gasteiger partial charge >= 0.3 is 0 Å². The van der Waals surface area contributed by atoms with Crippen LogP contribution in [0.25, 0.3) is 22.3 Å². The number of aromatic nitrogens is 2. The highest BCUT2D eigenvalue weighted by atomic mass is 35.5. The average molecular weight is 319 g/mol. The van der Waals surface area contributed by atoms with Crippen LogP contribution in [-0.2, 0) is 0 Å². The molecule has 0 atom stereocenters. The van der Waals surface area contributed by atoms with Crippen molar-refractivity contribution in [2.24, 2.45) is 0 Å². The monoisotopic (exact) mass is 318 g/mol. The van der Waals surface area contributed by atoms with E-state index in [9.17, 15) is 0 Å². The van der Waals surface area contributed by atoms with Crippen LogP contribution < -0.4 is 4.74 Å². The zero-order valence-electron chi connectivity index (χ0n) is 11.5. The van der Waals surface area contributed by atoms with Crippen LogP contribution in [0.15, 0.2) is 36.5 Å². The lowest BCUT2D eigenvalue weighted by Crippen LogP contribution is -1.95. The van der Waals surface area contributed by atoms with Crippen molar-refractivity contribution in [1.29, 1.82) is 0 Å². The molecule has 0 aliphatic carbocycles. The molecule has 0 N–H and O–H groups in total. The van der Waals surface area contributed by atoms with Gasteiger partial charge in [-0.05, 0) is 30.7 Å². The molecule has 0 aliphatic heterocycles. The summed E-state index contributed by atoms with van der Waals surface area (Å²) in [6.07, 6.45) is 1.73. The van der Waals surface area contributed by atoms with Crippen molar-refractivity contribution >= 4 is 34.1 Å². The van der Waals surface area contributed by atoms with Gasteiger partial charge in [0.05, 0.1) is 34.1 Å². The number of fused-ring (bicyclic) bond motifs is 1. The van der Waals surface area contributed by atoms with Gasteiger partial charge in [-0.2, -0.15) is 0 Å². The number of pyridine rings is 2. The van der Waals surface area contributed by atoms with E-state index in [0.29, 0.717) is 15.8 Å². The number of benzene rings is 1. The van der Waals surface area contributed by atoms with Gasteiger partial charge in [0.2, 0.25) is 0 Å². The standard InChI is InChI=1S/C16H12Cl2N2O/c1-9-15(18)10-7-11(17)14(21-2)8-13(10)20-16(9)12-5-3-4-6-19-12/h3-8H,1-2H3. The van der Waals surface area contributed by atoms with Gasteiger partial charge in [0, 0.05) is 17.6 Å². The Balaban J connectivity index is 2.33. The third-order valence-corrected chi connectivity index (χ3v) is 4.11. The van der Waals surface area contributed by atoms with Crippen molar-refractivity contribution in [3.05, 3.63) is 52.1 Å². The summed E-state index contributed by atoms with van der Waals surface area (Å²) in [6, 6.07) is 9.26. The Morgan fingerprint density at radius 3 is 2.62 bits per heavy atom. The molecule has 2 aromatic heterocycles. The minimum absolute atomic E-state index is 0.513. The Hall–Kier alpha value is -1.84. The van der Waals surface area contributed by atoms with Crippen LogP contribution in [0.1, 0.15) is 5.56 Å². The second-order valence-electron chi connectivity index (χ2n) is 4.62. The van der Waals surface area contributed by atoms with Crippen molar-refractivity contribution in [1.82, 2.24) is 9.97 Å². The maximum Gasteiger partial charge on any atom is 0.139 e. The van der Waals surface area contributed by atoms with Crippen molar-refractivity contribution in [2.45, 2.75) is 6.92 Å². The quantitative estimate of drug-likeness (QED) is 0.672. The minimum Gasteiger partial charge on any atom is -0.495 e. The van der Waals surface area contributed by atoms with Crippen molar-refractivity contribution in [3.8, 4) is 17.1 Å².